The molecule has 1 saturated heterocycles. The van der Waals surface area contributed by atoms with Crippen molar-refractivity contribution in [3.8, 4) is 5.75 Å². The number of nitrogens with zero attached hydrogens (tertiary/aromatic N) is 1. The Bertz CT molecular complexity index is 411. The zero-order chi connectivity index (χ0) is 13.1. The second-order valence-corrected chi connectivity index (χ2v) is 5.78. The summed E-state index contributed by atoms with van der Waals surface area (Å²) < 4.78 is 6.37. The Morgan fingerprint density at radius 3 is 2.83 bits per heavy atom. The van der Waals surface area contributed by atoms with E-state index >= 15 is 0 Å². The van der Waals surface area contributed by atoms with E-state index < -0.39 is 0 Å². The van der Waals surface area contributed by atoms with Gasteiger partial charge in [0.25, 0.3) is 0 Å². The number of piperidine rings is 1. The molecule has 0 spiro atoms. The van der Waals surface area contributed by atoms with Gasteiger partial charge in [0.2, 0.25) is 0 Å². The van der Waals surface area contributed by atoms with Crippen LogP contribution in [0.3, 0.4) is 0 Å². The molecule has 1 aliphatic heterocycles. The van der Waals surface area contributed by atoms with Crippen LogP contribution in [0.25, 0.3) is 0 Å². The number of hydrogen-bond donors (Lipinski definition) is 1. The normalized spacial score (nSPS) is 24.1. The van der Waals surface area contributed by atoms with Gasteiger partial charge in [0, 0.05) is 30.9 Å². The first kappa shape index (κ1) is 13.7. The van der Waals surface area contributed by atoms with Crippen molar-refractivity contribution in [1.82, 2.24) is 5.32 Å². The molecule has 1 aliphatic rings. The van der Waals surface area contributed by atoms with E-state index in [1.807, 2.05) is 0 Å². The highest BCUT2D eigenvalue weighted by Gasteiger charge is 2.25. The highest BCUT2D eigenvalue weighted by Crippen LogP contribution is 2.31. The van der Waals surface area contributed by atoms with Gasteiger partial charge in [-0.25, -0.2) is 0 Å². The Kier molecular flexibility index (Phi) is 4.51. The van der Waals surface area contributed by atoms with Gasteiger partial charge in [-0.3, -0.25) is 0 Å². The molecule has 1 aromatic carbocycles. The Hall–Kier alpha value is -0.740. The fourth-order valence-corrected chi connectivity index (χ4v) is 3.06. The molecule has 2 unspecified atom stereocenters. The molecule has 100 valence electrons. The van der Waals surface area contributed by atoms with E-state index in [4.69, 9.17) is 4.74 Å². The standard InChI is InChI=1S/C14H21BrN2O/c1-10-9-17(7-6-13(10)16-2)11-4-5-12(15)14(8-11)18-3/h4-5,8,10,13,16H,6-7,9H2,1-3H3. The van der Waals surface area contributed by atoms with Crippen LogP contribution in [0.4, 0.5) is 5.69 Å². The lowest BCUT2D eigenvalue weighted by molar-refractivity contribution is 0.338. The minimum Gasteiger partial charge on any atom is -0.495 e. The summed E-state index contributed by atoms with van der Waals surface area (Å²) in [4.78, 5) is 2.44. The smallest absolute Gasteiger partial charge is 0.135 e. The zero-order valence-electron chi connectivity index (χ0n) is 11.2. The first-order valence-corrected chi connectivity index (χ1v) is 7.20. The Morgan fingerprint density at radius 1 is 1.44 bits per heavy atom. The highest BCUT2D eigenvalue weighted by atomic mass is 79.9. The molecule has 0 radical (unpaired) electrons. The maximum atomic E-state index is 5.36. The second-order valence-electron chi connectivity index (χ2n) is 4.93. The van der Waals surface area contributed by atoms with Crippen LogP contribution >= 0.6 is 15.9 Å². The van der Waals surface area contributed by atoms with Crippen LogP contribution in [0.1, 0.15) is 13.3 Å². The minimum atomic E-state index is 0.638. The first-order valence-electron chi connectivity index (χ1n) is 6.41. The summed E-state index contributed by atoms with van der Waals surface area (Å²) in [6, 6.07) is 6.96. The molecule has 1 fully saturated rings. The average molecular weight is 313 g/mol. The van der Waals surface area contributed by atoms with E-state index in [1.165, 1.54) is 12.1 Å². The molecule has 3 nitrogen and oxygen atoms in total. The molecule has 2 rings (SSSR count). The van der Waals surface area contributed by atoms with Crippen LogP contribution in [0, 0.1) is 5.92 Å². The van der Waals surface area contributed by atoms with Crippen molar-refractivity contribution in [3.63, 3.8) is 0 Å². The third-order valence-electron chi connectivity index (χ3n) is 3.78. The molecule has 1 heterocycles. The number of nitrogens with one attached hydrogen (secondary N) is 1. The molecule has 2 atom stereocenters. The fourth-order valence-electron chi connectivity index (χ4n) is 2.65. The van der Waals surface area contributed by atoms with Gasteiger partial charge in [0.15, 0.2) is 0 Å². The molecule has 0 bridgehead atoms. The summed E-state index contributed by atoms with van der Waals surface area (Å²) in [5.41, 5.74) is 1.25. The molecular formula is C14H21BrN2O. The van der Waals surface area contributed by atoms with Gasteiger partial charge in [0.05, 0.1) is 11.6 Å². The number of halogens is 1. The van der Waals surface area contributed by atoms with Crippen LogP contribution in [0.2, 0.25) is 0 Å². The molecule has 4 heteroatoms. The maximum Gasteiger partial charge on any atom is 0.135 e. The molecule has 1 N–H and O–H groups in total. The molecule has 0 aromatic heterocycles. The summed E-state index contributed by atoms with van der Waals surface area (Å²) in [6.07, 6.45) is 1.19. The van der Waals surface area contributed by atoms with Gasteiger partial charge in [-0.15, -0.1) is 0 Å². The first-order chi connectivity index (χ1) is 8.65. The Balaban J connectivity index is 2.13. The van der Waals surface area contributed by atoms with Crippen LogP contribution in [-0.4, -0.2) is 33.3 Å². The van der Waals surface area contributed by atoms with Crippen molar-refractivity contribution >= 4 is 21.6 Å². The number of hydrogen-bond acceptors (Lipinski definition) is 3. The van der Waals surface area contributed by atoms with E-state index in [2.05, 4.69) is 58.3 Å². The van der Waals surface area contributed by atoms with Gasteiger partial charge in [-0.05, 0) is 47.4 Å². The Labute approximate surface area is 118 Å². The topological polar surface area (TPSA) is 24.5 Å². The van der Waals surface area contributed by atoms with Crippen molar-refractivity contribution in [2.75, 3.05) is 32.1 Å². The molecule has 0 saturated carbocycles. The van der Waals surface area contributed by atoms with Gasteiger partial charge in [0.1, 0.15) is 5.75 Å². The quantitative estimate of drug-likeness (QED) is 0.929. The molecule has 18 heavy (non-hydrogen) atoms. The molecule has 1 aromatic rings. The van der Waals surface area contributed by atoms with Crippen molar-refractivity contribution in [2.24, 2.45) is 5.92 Å². The largest absolute Gasteiger partial charge is 0.495 e. The van der Waals surface area contributed by atoms with Crippen molar-refractivity contribution in [1.29, 1.82) is 0 Å². The summed E-state index contributed by atoms with van der Waals surface area (Å²) >= 11 is 3.49. The van der Waals surface area contributed by atoms with Gasteiger partial charge in [-0.1, -0.05) is 6.92 Å². The number of methoxy groups -OCH3 is 1. The average Bonchev–Trinajstić information content (AvgIpc) is 2.39. The lowest BCUT2D eigenvalue weighted by Crippen LogP contribution is -2.47. The van der Waals surface area contributed by atoms with Crippen LogP contribution < -0.4 is 15.0 Å². The van der Waals surface area contributed by atoms with Crippen LogP contribution in [-0.2, 0) is 0 Å². The van der Waals surface area contributed by atoms with Crippen LogP contribution in [0.5, 0.6) is 5.75 Å². The van der Waals surface area contributed by atoms with E-state index in [1.54, 1.807) is 7.11 Å². The molecule has 0 amide bonds. The maximum absolute atomic E-state index is 5.36. The monoisotopic (exact) mass is 312 g/mol. The third-order valence-corrected chi connectivity index (χ3v) is 4.43. The van der Waals surface area contributed by atoms with Gasteiger partial charge < -0.3 is 15.0 Å². The molecular weight excluding hydrogens is 292 g/mol. The minimum absolute atomic E-state index is 0.638. The van der Waals surface area contributed by atoms with Crippen molar-refractivity contribution in [3.05, 3.63) is 22.7 Å². The third kappa shape index (κ3) is 2.81. The van der Waals surface area contributed by atoms with Crippen molar-refractivity contribution in [2.45, 2.75) is 19.4 Å². The second kappa shape index (κ2) is 5.93. The lowest BCUT2D eigenvalue weighted by atomic mass is 9.93. The zero-order valence-corrected chi connectivity index (χ0v) is 12.8. The molecule has 0 aliphatic carbocycles. The summed E-state index contributed by atoms with van der Waals surface area (Å²) in [5.74, 6) is 1.56. The van der Waals surface area contributed by atoms with Gasteiger partial charge in [-0.2, -0.15) is 0 Å². The lowest BCUT2D eigenvalue weighted by Gasteiger charge is -2.38. The summed E-state index contributed by atoms with van der Waals surface area (Å²) in [7, 11) is 3.76. The van der Waals surface area contributed by atoms with Crippen LogP contribution in [0.15, 0.2) is 22.7 Å². The highest BCUT2D eigenvalue weighted by molar-refractivity contribution is 9.10. The van der Waals surface area contributed by atoms with Gasteiger partial charge >= 0.3 is 0 Å². The summed E-state index contributed by atoms with van der Waals surface area (Å²) in [6.45, 7) is 4.50. The number of rotatable bonds is 3. The van der Waals surface area contributed by atoms with E-state index in [-0.39, 0.29) is 0 Å². The van der Waals surface area contributed by atoms with E-state index in [0.29, 0.717) is 12.0 Å². The predicted molar refractivity (Wildman–Crippen MR) is 79.5 cm³/mol. The SMILES string of the molecule is CNC1CCN(c2ccc(Br)c(OC)c2)CC1C. The Morgan fingerprint density at radius 2 is 2.22 bits per heavy atom. The number of benzene rings is 1. The predicted octanol–water partition coefficient (Wildman–Crippen LogP) is 2.89. The van der Waals surface area contributed by atoms with Crippen molar-refractivity contribution < 1.29 is 4.74 Å². The fraction of sp³-hybridized carbons (Fsp3) is 0.571. The van der Waals surface area contributed by atoms with E-state index in [9.17, 15) is 0 Å². The summed E-state index contributed by atoms with van der Waals surface area (Å²) in [5, 5.41) is 3.40. The number of anilines is 1. The number of ether oxygens (including phenoxy) is 1. The van der Waals surface area contributed by atoms with E-state index in [0.717, 1.165) is 23.3 Å².